The topological polar surface area (TPSA) is 89.3 Å². The van der Waals surface area contributed by atoms with Crippen molar-refractivity contribution in [3.8, 4) is 5.82 Å². The zero-order valence-electron chi connectivity index (χ0n) is 11.6. The van der Waals surface area contributed by atoms with Crippen LogP contribution in [0.3, 0.4) is 0 Å². The number of nitrogens with zero attached hydrogens (tertiary/aromatic N) is 4. The molecule has 0 saturated carbocycles. The molecule has 1 aliphatic rings. The molecule has 0 amide bonds. The molecule has 0 radical (unpaired) electrons. The van der Waals surface area contributed by atoms with Crippen LogP contribution in [0.25, 0.3) is 5.82 Å². The molecule has 6 nitrogen and oxygen atoms in total. The van der Waals surface area contributed by atoms with Crippen molar-refractivity contribution < 1.29 is 5.21 Å². The van der Waals surface area contributed by atoms with Crippen LogP contribution in [0.5, 0.6) is 0 Å². The number of imidazole rings is 1. The molecule has 3 N–H and O–H groups in total. The molecule has 3 rings (SSSR count). The summed E-state index contributed by atoms with van der Waals surface area (Å²) in [5.74, 6) is 0.756. The second-order valence-corrected chi connectivity index (χ2v) is 5.09. The van der Waals surface area contributed by atoms with Gasteiger partial charge in [-0.1, -0.05) is 5.16 Å². The van der Waals surface area contributed by atoms with E-state index in [0.717, 1.165) is 36.3 Å². The first-order valence-corrected chi connectivity index (χ1v) is 6.63. The lowest BCUT2D eigenvalue weighted by atomic mass is 10.1. The fourth-order valence-electron chi connectivity index (χ4n) is 2.60. The first-order chi connectivity index (χ1) is 9.61. The summed E-state index contributed by atoms with van der Waals surface area (Å²) < 4.78 is 1.89. The fraction of sp³-hybridized carbons (Fsp3) is 0.357. The van der Waals surface area contributed by atoms with Crippen molar-refractivity contribution >= 4 is 5.84 Å². The van der Waals surface area contributed by atoms with Gasteiger partial charge < -0.3 is 10.9 Å². The highest BCUT2D eigenvalue weighted by Crippen LogP contribution is 2.25. The number of hydrogen-bond donors (Lipinski definition) is 2. The number of pyridine rings is 1. The maximum atomic E-state index is 8.99. The van der Waals surface area contributed by atoms with Gasteiger partial charge in [-0.2, -0.15) is 0 Å². The number of fused-ring (bicyclic) bond motifs is 1. The van der Waals surface area contributed by atoms with E-state index in [2.05, 4.69) is 10.1 Å². The minimum atomic E-state index is 0.0768. The van der Waals surface area contributed by atoms with Crippen LogP contribution in [0.1, 0.15) is 34.6 Å². The maximum Gasteiger partial charge on any atom is 0.173 e. The first-order valence-electron chi connectivity index (χ1n) is 6.63. The molecular formula is C14H17N5O. The predicted octanol–water partition coefficient (Wildman–Crippen LogP) is 1.47. The van der Waals surface area contributed by atoms with E-state index in [4.69, 9.17) is 15.9 Å². The monoisotopic (exact) mass is 271 g/mol. The Morgan fingerprint density at radius 1 is 1.40 bits per heavy atom. The smallest absolute Gasteiger partial charge is 0.173 e. The molecule has 0 atom stereocenters. The molecule has 2 aromatic rings. The summed E-state index contributed by atoms with van der Waals surface area (Å²) in [6.07, 6.45) is 4.80. The van der Waals surface area contributed by atoms with E-state index in [1.54, 1.807) is 6.33 Å². The van der Waals surface area contributed by atoms with Gasteiger partial charge in [0.15, 0.2) is 5.84 Å². The van der Waals surface area contributed by atoms with Gasteiger partial charge in [0.1, 0.15) is 12.1 Å². The number of nitrogens with two attached hydrogens (primary N) is 1. The van der Waals surface area contributed by atoms with Crippen molar-refractivity contribution in [1.29, 1.82) is 0 Å². The quantitative estimate of drug-likeness (QED) is 0.374. The molecule has 20 heavy (non-hydrogen) atoms. The van der Waals surface area contributed by atoms with Crippen LogP contribution < -0.4 is 5.73 Å². The minimum Gasteiger partial charge on any atom is -0.409 e. The minimum absolute atomic E-state index is 0.0768. The van der Waals surface area contributed by atoms with Crippen molar-refractivity contribution in [3.63, 3.8) is 0 Å². The second kappa shape index (κ2) is 4.63. The predicted molar refractivity (Wildman–Crippen MR) is 75.4 cm³/mol. The van der Waals surface area contributed by atoms with Crippen LogP contribution in [0, 0.1) is 13.8 Å². The van der Waals surface area contributed by atoms with Crippen molar-refractivity contribution in [2.75, 3.05) is 0 Å². The Morgan fingerprint density at radius 2 is 2.20 bits per heavy atom. The molecular weight excluding hydrogens is 254 g/mol. The molecule has 6 heteroatoms. The third-order valence-electron chi connectivity index (χ3n) is 3.89. The molecule has 0 bridgehead atoms. The van der Waals surface area contributed by atoms with Crippen molar-refractivity contribution in [3.05, 3.63) is 40.6 Å². The number of aryl methyl sites for hydroxylation is 3. The van der Waals surface area contributed by atoms with E-state index in [1.165, 1.54) is 5.56 Å². The summed E-state index contributed by atoms with van der Waals surface area (Å²) in [5, 5.41) is 12.1. The summed E-state index contributed by atoms with van der Waals surface area (Å²) in [6.45, 7) is 3.93. The lowest BCUT2D eigenvalue weighted by molar-refractivity contribution is 0.318. The molecule has 0 unspecified atom stereocenters. The number of amidine groups is 1. The van der Waals surface area contributed by atoms with Crippen LogP contribution in [-0.2, 0) is 12.8 Å². The Morgan fingerprint density at radius 3 is 2.85 bits per heavy atom. The number of hydrogen-bond acceptors (Lipinski definition) is 4. The molecule has 2 aromatic heterocycles. The molecule has 0 spiro atoms. The lowest BCUT2D eigenvalue weighted by Crippen LogP contribution is -2.18. The van der Waals surface area contributed by atoms with Crippen molar-refractivity contribution in [2.24, 2.45) is 10.9 Å². The maximum absolute atomic E-state index is 8.99. The summed E-state index contributed by atoms with van der Waals surface area (Å²) >= 11 is 0. The Bertz CT molecular complexity index is 702. The highest BCUT2D eigenvalue weighted by atomic mass is 16.4. The molecule has 0 saturated heterocycles. The highest BCUT2D eigenvalue weighted by molar-refractivity contribution is 6.00. The number of rotatable bonds is 2. The molecule has 104 valence electrons. The molecule has 0 aromatic carbocycles. The van der Waals surface area contributed by atoms with E-state index < -0.39 is 0 Å². The third-order valence-corrected chi connectivity index (χ3v) is 3.89. The summed E-state index contributed by atoms with van der Waals surface area (Å²) in [5.41, 5.74) is 10.7. The number of oxime groups is 1. The molecule has 2 heterocycles. The number of aromatic nitrogens is 3. The van der Waals surface area contributed by atoms with Gasteiger partial charge in [0.2, 0.25) is 0 Å². The van der Waals surface area contributed by atoms with E-state index >= 15 is 0 Å². The Kier molecular flexibility index (Phi) is 2.93. The summed E-state index contributed by atoms with van der Waals surface area (Å²) in [4.78, 5) is 9.01. The summed E-state index contributed by atoms with van der Waals surface area (Å²) in [6, 6.07) is 1.98. The SMILES string of the molecule is Cc1ncn(-c2nc3c(cc2C(N)=NO)CCC3)c1C. The van der Waals surface area contributed by atoms with Gasteiger partial charge in [-0.15, -0.1) is 0 Å². The van der Waals surface area contributed by atoms with Gasteiger partial charge in [-0.05, 0) is 44.7 Å². The molecule has 0 fully saturated rings. The van der Waals surface area contributed by atoms with E-state index in [9.17, 15) is 0 Å². The van der Waals surface area contributed by atoms with Crippen LogP contribution in [0.4, 0.5) is 0 Å². The van der Waals surface area contributed by atoms with Crippen LogP contribution >= 0.6 is 0 Å². The van der Waals surface area contributed by atoms with E-state index in [1.807, 2.05) is 24.5 Å². The zero-order valence-corrected chi connectivity index (χ0v) is 11.6. The summed E-state index contributed by atoms with van der Waals surface area (Å²) in [7, 11) is 0. The average Bonchev–Trinajstić information content (AvgIpc) is 3.04. The van der Waals surface area contributed by atoms with Gasteiger partial charge in [0.25, 0.3) is 0 Å². The largest absolute Gasteiger partial charge is 0.409 e. The standard InChI is InChI=1S/C14H17N5O/c1-8-9(2)19(7-16-8)14-11(13(15)18-20)6-10-4-3-5-12(10)17-14/h6-7,20H,3-5H2,1-2H3,(H2,15,18). The molecule has 0 aliphatic heterocycles. The highest BCUT2D eigenvalue weighted by Gasteiger charge is 2.20. The Labute approximate surface area is 117 Å². The van der Waals surface area contributed by atoms with E-state index in [0.29, 0.717) is 11.4 Å². The van der Waals surface area contributed by atoms with E-state index in [-0.39, 0.29) is 5.84 Å². The Balaban J connectivity index is 2.26. The van der Waals surface area contributed by atoms with Gasteiger partial charge in [-0.25, -0.2) is 9.97 Å². The van der Waals surface area contributed by atoms with Crippen LogP contribution in [-0.4, -0.2) is 25.6 Å². The normalized spacial score (nSPS) is 14.6. The Hall–Kier alpha value is -2.37. The lowest BCUT2D eigenvalue weighted by Gasteiger charge is -2.12. The van der Waals surface area contributed by atoms with Crippen molar-refractivity contribution in [2.45, 2.75) is 33.1 Å². The van der Waals surface area contributed by atoms with Crippen molar-refractivity contribution in [1.82, 2.24) is 14.5 Å². The third kappa shape index (κ3) is 1.84. The average molecular weight is 271 g/mol. The second-order valence-electron chi connectivity index (χ2n) is 5.09. The molecule has 1 aliphatic carbocycles. The van der Waals surface area contributed by atoms with Gasteiger partial charge in [0.05, 0.1) is 11.3 Å². The van der Waals surface area contributed by atoms with Gasteiger partial charge in [0, 0.05) is 11.4 Å². The van der Waals surface area contributed by atoms with Crippen LogP contribution in [0.15, 0.2) is 17.5 Å². The van der Waals surface area contributed by atoms with Crippen LogP contribution in [0.2, 0.25) is 0 Å². The van der Waals surface area contributed by atoms with Gasteiger partial charge >= 0.3 is 0 Å². The van der Waals surface area contributed by atoms with Gasteiger partial charge in [-0.3, -0.25) is 4.57 Å². The fourth-order valence-corrected chi connectivity index (χ4v) is 2.60. The first kappa shape index (κ1) is 12.7. The zero-order chi connectivity index (χ0) is 14.3.